The molecule has 0 bridgehead atoms. The molecule has 1 nitrogen and oxygen atoms in total. The van der Waals surface area contributed by atoms with Crippen LogP contribution in [-0.2, 0) is 10.2 Å². The van der Waals surface area contributed by atoms with Crippen LogP contribution in [0.3, 0.4) is 0 Å². The van der Waals surface area contributed by atoms with E-state index in [2.05, 4.69) is 74.5 Å². The van der Waals surface area contributed by atoms with E-state index in [4.69, 9.17) is 0 Å². The largest absolute Gasteiger partial charge is 0.299 e. The summed E-state index contributed by atoms with van der Waals surface area (Å²) in [5, 5.41) is 0. The third-order valence-electron chi connectivity index (χ3n) is 6.90. The summed E-state index contributed by atoms with van der Waals surface area (Å²) in [5.74, 6) is 1.97. The Morgan fingerprint density at radius 3 is 2.05 bits per heavy atom. The molecule has 0 amide bonds. The second kappa shape index (κ2) is 3.71. The highest BCUT2D eigenvalue weighted by Gasteiger charge is 2.91. The summed E-state index contributed by atoms with van der Waals surface area (Å²) in [6.07, 6.45) is 0. The zero-order chi connectivity index (χ0) is 15.1. The van der Waals surface area contributed by atoms with Crippen molar-refractivity contribution < 1.29 is 4.79 Å². The third-order valence-corrected chi connectivity index (χ3v) is 6.90. The SMILES string of the molecule is CC1(C)[C@H](c2ccccc2)[C@H]2C(=O)[C@@H]3[C@H]2[C@]31c1ccccc1. The topological polar surface area (TPSA) is 17.1 Å². The summed E-state index contributed by atoms with van der Waals surface area (Å²) in [4.78, 5) is 12.7. The number of hydrogen-bond donors (Lipinski definition) is 0. The van der Waals surface area contributed by atoms with Gasteiger partial charge in [0.15, 0.2) is 0 Å². The van der Waals surface area contributed by atoms with Gasteiger partial charge in [-0.05, 0) is 28.4 Å². The molecular formula is C21H20O. The molecule has 0 radical (unpaired) electrons. The average molecular weight is 288 g/mol. The fraction of sp³-hybridized carbons (Fsp3) is 0.381. The average Bonchev–Trinajstić information content (AvgIpc) is 3.15. The Labute approximate surface area is 131 Å². The molecule has 1 heteroatoms. The van der Waals surface area contributed by atoms with Crippen LogP contribution in [0.1, 0.15) is 30.9 Å². The number of Topliss-reactive ketones (excluding diaryl/α,β-unsaturated/α-hetero) is 1. The molecule has 0 unspecified atom stereocenters. The Hall–Kier alpha value is -1.89. The predicted octanol–water partition coefficient (Wildman–Crippen LogP) is 4.19. The Bertz CT molecular complexity index is 761. The van der Waals surface area contributed by atoms with E-state index in [1.54, 1.807) is 0 Å². The van der Waals surface area contributed by atoms with Gasteiger partial charge in [0.05, 0.1) is 0 Å². The molecule has 22 heavy (non-hydrogen) atoms. The van der Waals surface area contributed by atoms with Gasteiger partial charge in [0.25, 0.3) is 0 Å². The van der Waals surface area contributed by atoms with E-state index in [1.165, 1.54) is 11.1 Å². The fourth-order valence-electron chi connectivity index (χ4n) is 6.22. The molecule has 0 N–H and O–H groups in total. The molecule has 0 heterocycles. The molecule has 0 aliphatic heterocycles. The molecule has 3 aliphatic rings. The first-order valence-electron chi connectivity index (χ1n) is 8.26. The van der Waals surface area contributed by atoms with Crippen molar-refractivity contribution in [2.24, 2.45) is 23.2 Å². The maximum Gasteiger partial charge on any atom is 0.141 e. The molecule has 0 spiro atoms. The lowest BCUT2D eigenvalue weighted by molar-refractivity contribution is -0.134. The Balaban J connectivity index is 1.70. The first kappa shape index (κ1) is 12.6. The molecule has 2 aromatic rings. The number of hydrogen-bond acceptors (Lipinski definition) is 1. The second-order valence-electron chi connectivity index (χ2n) is 7.78. The number of benzene rings is 2. The molecule has 110 valence electrons. The van der Waals surface area contributed by atoms with Gasteiger partial charge in [-0.3, -0.25) is 4.79 Å². The maximum absolute atomic E-state index is 12.7. The highest BCUT2D eigenvalue weighted by Crippen LogP contribution is 2.88. The van der Waals surface area contributed by atoms with Crippen LogP contribution in [0.4, 0.5) is 0 Å². The Morgan fingerprint density at radius 2 is 1.41 bits per heavy atom. The van der Waals surface area contributed by atoms with Crippen LogP contribution in [0.25, 0.3) is 0 Å². The third kappa shape index (κ3) is 1.11. The minimum absolute atomic E-state index is 0.0799. The van der Waals surface area contributed by atoms with Crippen LogP contribution in [0.2, 0.25) is 0 Å². The summed E-state index contributed by atoms with van der Waals surface area (Å²) in [7, 11) is 0. The van der Waals surface area contributed by atoms with Gasteiger partial charge < -0.3 is 0 Å². The van der Waals surface area contributed by atoms with Crippen molar-refractivity contribution in [1.29, 1.82) is 0 Å². The van der Waals surface area contributed by atoms with Gasteiger partial charge >= 0.3 is 0 Å². The molecule has 0 aromatic heterocycles. The van der Waals surface area contributed by atoms with Crippen LogP contribution in [-0.4, -0.2) is 5.78 Å². The van der Waals surface area contributed by atoms with E-state index < -0.39 is 0 Å². The lowest BCUT2D eigenvalue weighted by atomic mass is 9.57. The highest BCUT2D eigenvalue weighted by atomic mass is 16.1. The molecule has 5 rings (SSSR count). The van der Waals surface area contributed by atoms with Crippen LogP contribution >= 0.6 is 0 Å². The molecule has 5 atom stereocenters. The van der Waals surface area contributed by atoms with Gasteiger partial charge in [-0.1, -0.05) is 74.5 Å². The molecule has 3 fully saturated rings. The number of rotatable bonds is 2. The molecule has 3 saturated carbocycles. The molecular weight excluding hydrogens is 268 g/mol. The van der Waals surface area contributed by atoms with Crippen molar-refractivity contribution in [2.75, 3.05) is 0 Å². The van der Waals surface area contributed by atoms with Crippen molar-refractivity contribution >= 4 is 5.78 Å². The predicted molar refractivity (Wildman–Crippen MR) is 86.6 cm³/mol. The van der Waals surface area contributed by atoms with E-state index in [9.17, 15) is 4.79 Å². The maximum atomic E-state index is 12.7. The standard InChI is InChI=1S/C21H20O/c1-20(2)16(13-9-5-3-6-10-13)15-17-18(19(15)22)21(17,20)14-11-7-4-8-12-14/h3-12,15-18H,1-2H3/t15-,16-,17+,18+,21-/m1/s1. The Kier molecular flexibility index (Phi) is 2.13. The van der Waals surface area contributed by atoms with E-state index in [-0.39, 0.29) is 22.7 Å². The van der Waals surface area contributed by atoms with Gasteiger partial charge in [-0.25, -0.2) is 0 Å². The fourth-order valence-corrected chi connectivity index (χ4v) is 6.22. The van der Waals surface area contributed by atoms with Gasteiger partial charge in [-0.2, -0.15) is 0 Å². The Morgan fingerprint density at radius 1 is 0.818 bits per heavy atom. The smallest absolute Gasteiger partial charge is 0.141 e. The zero-order valence-electron chi connectivity index (χ0n) is 13.0. The first-order valence-corrected chi connectivity index (χ1v) is 8.26. The lowest BCUT2D eigenvalue weighted by Gasteiger charge is -2.45. The number of carbonyl (C=O) groups excluding carboxylic acids is 1. The van der Waals surface area contributed by atoms with E-state index in [0.717, 1.165) is 0 Å². The zero-order valence-corrected chi connectivity index (χ0v) is 13.0. The van der Waals surface area contributed by atoms with Crippen molar-refractivity contribution in [3.63, 3.8) is 0 Å². The summed E-state index contributed by atoms with van der Waals surface area (Å²) >= 11 is 0. The molecule has 0 saturated heterocycles. The van der Waals surface area contributed by atoms with Crippen molar-refractivity contribution in [3.8, 4) is 0 Å². The molecule has 3 aliphatic carbocycles. The summed E-state index contributed by atoms with van der Waals surface area (Å²) in [6.45, 7) is 4.77. The first-order chi connectivity index (χ1) is 10.6. The summed E-state index contributed by atoms with van der Waals surface area (Å²) < 4.78 is 0. The highest BCUT2D eigenvalue weighted by molar-refractivity contribution is 6.01. The van der Waals surface area contributed by atoms with Crippen LogP contribution in [0, 0.1) is 23.2 Å². The normalized spacial score (nSPS) is 40.0. The summed E-state index contributed by atoms with van der Waals surface area (Å²) in [6, 6.07) is 21.4. The quantitative estimate of drug-likeness (QED) is 0.809. The monoisotopic (exact) mass is 288 g/mol. The van der Waals surface area contributed by atoms with Gasteiger partial charge in [0.2, 0.25) is 0 Å². The van der Waals surface area contributed by atoms with E-state index in [1.807, 2.05) is 0 Å². The van der Waals surface area contributed by atoms with Crippen molar-refractivity contribution in [2.45, 2.75) is 25.2 Å². The second-order valence-corrected chi connectivity index (χ2v) is 7.78. The minimum atomic E-state index is 0.0799. The van der Waals surface area contributed by atoms with E-state index in [0.29, 0.717) is 17.6 Å². The van der Waals surface area contributed by atoms with Gasteiger partial charge in [-0.15, -0.1) is 0 Å². The van der Waals surface area contributed by atoms with E-state index >= 15 is 0 Å². The number of ketones is 1. The van der Waals surface area contributed by atoms with Gasteiger partial charge in [0.1, 0.15) is 5.78 Å². The lowest BCUT2D eigenvalue weighted by Crippen LogP contribution is -2.45. The van der Waals surface area contributed by atoms with Crippen LogP contribution in [0.5, 0.6) is 0 Å². The van der Waals surface area contributed by atoms with Crippen molar-refractivity contribution in [3.05, 3.63) is 71.8 Å². The van der Waals surface area contributed by atoms with Crippen LogP contribution < -0.4 is 0 Å². The minimum Gasteiger partial charge on any atom is -0.299 e. The number of carbonyl (C=O) groups is 1. The number of fused-ring (bicyclic) bond motifs is 1. The van der Waals surface area contributed by atoms with Crippen molar-refractivity contribution in [1.82, 2.24) is 0 Å². The summed E-state index contributed by atoms with van der Waals surface area (Å²) in [5.41, 5.74) is 2.93. The van der Waals surface area contributed by atoms with Crippen LogP contribution in [0.15, 0.2) is 60.7 Å². The molecule has 2 aromatic carbocycles. The van der Waals surface area contributed by atoms with Gasteiger partial charge in [0, 0.05) is 17.3 Å².